The molecule has 0 aliphatic heterocycles. The van der Waals surface area contributed by atoms with Crippen LogP contribution < -0.4 is 5.32 Å². The average molecular weight is 356 g/mol. The Labute approximate surface area is 152 Å². The molecule has 1 aromatic heterocycles. The number of amides is 1. The first kappa shape index (κ1) is 18.2. The van der Waals surface area contributed by atoms with Gasteiger partial charge in [-0.1, -0.05) is 32.0 Å². The third kappa shape index (κ3) is 3.64. The van der Waals surface area contributed by atoms with E-state index in [1.807, 2.05) is 44.3 Å². The van der Waals surface area contributed by atoms with Gasteiger partial charge < -0.3 is 15.0 Å². The van der Waals surface area contributed by atoms with Gasteiger partial charge in [0.1, 0.15) is 11.8 Å². The number of para-hydroxylation sites is 1. The number of rotatable bonds is 5. The second-order valence-electron chi connectivity index (χ2n) is 7.71. The van der Waals surface area contributed by atoms with E-state index in [-0.39, 0.29) is 11.2 Å². The molecule has 6 nitrogen and oxygen atoms in total. The van der Waals surface area contributed by atoms with Crippen LogP contribution >= 0.6 is 0 Å². The Morgan fingerprint density at radius 3 is 2.73 bits per heavy atom. The van der Waals surface area contributed by atoms with Gasteiger partial charge in [0, 0.05) is 29.9 Å². The molecule has 26 heavy (non-hydrogen) atoms. The summed E-state index contributed by atoms with van der Waals surface area (Å²) < 4.78 is 4.86. The van der Waals surface area contributed by atoms with Crippen LogP contribution in [-0.4, -0.2) is 35.8 Å². The number of aromatic nitrogens is 1. The summed E-state index contributed by atoms with van der Waals surface area (Å²) >= 11 is 0. The molecule has 1 saturated carbocycles. The van der Waals surface area contributed by atoms with Gasteiger partial charge >= 0.3 is 5.97 Å². The summed E-state index contributed by atoms with van der Waals surface area (Å²) in [4.78, 5) is 40.1. The molecule has 0 bridgehead atoms. The summed E-state index contributed by atoms with van der Waals surface area (Å²) in [7, 11) is 1.29. The number of ether oxygens (including phenoxy) is 1. The topological polar surface area (TPSA) is 88.3 Å². The number of H-pyrrole nitrogens is 1. The maximum Gasteiger partial charge on any atom is 0.328 e. The maximum atomic E-state index is 12.6. The largest absolute Gasteiger partial charge is 0.467 e. The first-order valence-corrected chi connectivity index (χ1v) is 8.76. The van der Waals surface area contributed by atoms with E-state index in [9.17, 15) is 14.4 Å². The zero-order valence-corrected chi connectivity index (χ0v) is 15.3. The minimum absolute atomic E-state index is 0.0665. The second-order valence-corrected chi connectivity index (χ2v) is 7.71. The van der Waals surface area contributed by atoms with Crippen LogP contribution in [0.25, 0.3) is 10.9 Å². The van der Waals surface area contributed by atoms with Crippen molar-refractivity contribution in [3.05, 3.63) is 36.0 Å². The lowest BCUT2D eigenvalue weighted by molar-refractivity contribution is -0.146. The van der Waals surface area contributed by atoms with Gasteiger partial charge in [0.25, 0.3) is 0 Å². The smallest absolute Gasteiger partial charge is 0.328 e. The average Bonchev–Trinajstić information content (AvgIpc) is 3.13. The predicted molar refractivity (Wildman–Crippen MR) is 97.5 cm³/mol. The molecule has 1 aliphatic rings. The lowest BCUT2D eigenvalue weighted by Crippen LogP contribution is -2.46. The fourth-order valence-electron chi connectivity index (χ4n) is 3.70. The second kappa shape index (κ2) is 6.94. The molecule has 0 saturated heterocycles. The third-order valence-corrected chi connectivity index (χ3v) is 5.02. The summed E-state index contributed by atoms with van der Waals surface area (Å²) in [6.45, 7) is 3.95. The van der Waals surface area contributed by atoms with Crippen molar-refractivity contribution in [1.29, 1.82) is 0 Å². The van der Waals surface area contributed by atoms with Gasteiger partial charge in [-0.15, -0.1) is 0 Å². The fourth-order valence-corrected chi connectivity index (χ4v) is 3.70. The van der Waals surface area contributed by atoms with Gasteiger partial charge in [-0.2, -0.15) is 0 Å². The molecule has 1 aliphatic carbocycles. The van der Waals surface area contributed by atoms with Crippen LogP contribution in [0.15, 0.2) is 30.5 Å². The molecule has 2 N–H and O–H groups in total. The van der Waals surface area contributed by atoms with Crippen molar-refractivity contribution < 1.29 is 19.1 Å². The van der Waals surface area contributed by atoms with Crippen molar-refractivity contribution in [3.63, 3.8) is 0 Å². The highest BCUT2D eigenvalue weighted by Gasteiger charge is 2.42. The maximum absolute atomic E-state index is 12.6. The standard InChI is InChI=1S/C20H24N2O4/c1-20(2)9-14(17(23)10-20)18(24)22-16(19(25)26-3)8-12-11-21-15-7-5-4-6-13(12)15/h4-7,11,14,16,21H,8-10H2,1-3H3,(H,22,24). The van der Waals surface area contributed by atoms with Crippen molar-refractivity contribution in [2.24, 2.45) is 11.3 Å². The Balaban J connectivity index is 1.77. The fraction of sp³-hybridized carbons (Fsp3) is 0.450. The molecule has 0 radical (unpaired) electrons. The van der Waals surface area contributed by atoms with Crippen LogP contribution in [0.2, 0.25) is 0 Å². The van der Waals surface area contributed by atoms with Gasteiger partial charge in [-0.05, 0) is 23.5 Å². The van der Waals surface area contributed by atoms with Crippen molar-refractivity contribution in [1.82, 2.24) is 10.3 Å². The van der Waals surface area contributed by atoms with E-state index < -0.39 is 23.8 Å². The molecule has 2 atom stereocenters. The lowest BCUT2D eigenvalue weighted by Gasteiger charge is -2.19. The summed E-state index contributed by atoms with van der Waals surface area (Å²) in [6, 6.07) is 6.92. The number of fused-ring (bicyclic) bond motifs is 1. The third-order valence-electron chi connectivity index (χ3n) is 5.02. The molecule has 1 fully saturated rings. The quantitative estimate of drug-likeness (QED) is 0.636. The summed E-state index contributed by atoms with van der Waals surface area (Å²) in [6.07, 6.45) is 3.01. The Morgan fingerprint density at radius 1 is 1.35 bits per heavy atom. The van der Waals surface area contributed by atoms with E-state index in [0.717, 1.165) is 16.5 Å². The highest BCUT2D eigenvalue weighted by Crippen LogP contribution is 2.38. The number of carbonyl (C=O) groups excluding carboxylic acids is 3. The number of carbonyl (C=O) groups is 3. The number of methoxy groups -OCH3 is 1. The first-order chi connectivity index (χ1) is 12.3. The molecular weight excluding hydrogens is 332 g/mol. The van der Waals surface area contributed by atoms with Crippen molar-refractivity contribution >= 4 is 28.6 Å². The van der Waals surface area contributed by atoms with E-state index in [4.69, 9.17) is 4.74 Å². The van der Waals surface area contributed by atoms with Gasteiger partial charge in [0.2, 0.25) is 5.91 Å². The van der Waals surface area contributed by atoms with E-state index in [1.165, 1.54) is 7.11 Å². The van der Waals surface area contributed by atoms with Crippen LogP contribution in [-0.2, 0) is 25.5 Å². The van der Waals surface area contributed by atoms with Crippen LogP contribution in [0.3, 0.4) is 0 Å². The minimum Gasteiger partial charge on any atom is -0.467 e. The van der Waals surface area contributed by atoms with Crippen LogP contribution in [0.4, 0.5) is 0 Å². The van der Waals surface area contributed by atoms with E-state index in [1.54, 1.807) is 0 Å². The van der Waals surface area contributed by atoms with Gasteiger partial charge in [0.15, 0.2) is 0 Å². The van der Waals surface area contributed by atoms with Crippen molar-refractivity contribution in [2.75, 3.05) is 7.11 Å². The zero-order chi connectivity index (χ0) is 18.9. The predicted octanol–water partition coefficient (Wildman–Crippen LogP) is 2.37. The molecule has 2 unspecified atom stereocenters. The number of aromatic amines is 1. The molecular formula is C20H24N2O4. The molecule has 1 amide bonds. The Bertz CT molecular complexity index is 852. The van der Waals surface area contributed by atoms with E-state index in [0.29, 0.717) is 19.3 Å². The van der Waals surface area contributed by atoms with Crippen molar-refractivity contribution in [2.45, 2.75) is 39.2 Å². The van der Waals surface area contributed by atoms with Gasteiger partial charge in [-0.3, -0.25) is 9.59 Å². The normalized spacial score (nSPS) is 20.1. The lowest BCUT2D eigenvalue weighted by atomic mass is 9.90. The molecule has 0 spiro atoms. The molecule has 3 rings (SSSR count). The minimum atomic E-state index is -0.830. The summed E-state index contributed by atoms with van der Waals surface area (Å²) in [5, 5.41) is 3.73. The zero-order valence-electron chi connectivity index (χ0n) is 15.3. The van der Waals surface area contributed by atoms with E-state index >= 15 is 0 Å². The number of ketones is 1. The summed E-state index contributed by atoms with van der Waals surface area (Å²) in [5.74, 6) is -1.67. The highest BCUT2D eigenvalue weighted by atomic mass is 16.5. The number of hydrogen-bond donors (Lipinski definition) is 2. The number of hydrogen-bond acceptors (Lipinski definition) is 4. The van der Waals surface area contributed by atoms with Crippen LogP contribution in [0, 0.1) is 11.3 Å². The van der Waals surface area contributed by atoms with Gasteiger partial charge in [-0.25, -0.2) is 4.79 Å². The molecule has 138 valence electrons. The number of benzene rings is 1. The summed E-state index contributed by atoms with van der Waals surface area (Å²) in [5.41, 5.74) is 1.69. The number of esters is 1. The molecule has 6 heteroatoms. The number of nitrogens with one attached hydrogen (secondary N) is 2. The van der Waals surface area contributed by atoms with Crippen molar-refractivity contribution in [3.8, 4) is 0 Å². The SMILES string of the molecule is COC(=O)C(Cc1c[nH]c2ccccc12)NC(=O)C1CC(C)(C)CC1=O. The first-order valence-electron chi connectivity index (χ1n) is 8.76. The molecule has 2 aromatic rings. The van der Waals surface area contributed by atoms with Crippen LogP contribution in [0.5, 0.6) is 0 Å². The Hall–Kier alpha value is -2.63. The van der Waals surface area contributed by atoms with Gasteiger partial charge in [0.05, 0.1) is 13.0 Å². The number of Topliss-reactive ketones (excluding diaryl/α,β-unsaturated/α-hetero) is 1. The molecule has 1 aromatic carbocycles. The van der Waals surface area contributed by atoms with Crippen LogP contribution in [0.1, 0.15) is 32.3 Å². The Morgan fingerprint density at radius 2 is 2.08 bits per heavy atom. The Kier molecular flexibility index (Phi) is 4.85. The monoisotopic (exact) mass is 356 g/mol. The van der Waals surface area contributed by atoms with E-state index in [2.05, 4.69) is 10.3 Å². The highest BCUT2D eigenvalue weighted by molar-refractivity contribution is 6.04. The molecule has 1 heterocycles.